The summed E-state index contributed by atoms with van der Waals surface area (Å²) in [6, 6.07) is 9.57. The van der Waals surface area contributed by atoms with Crippen LogP contribution in [0.5, 0.6) is 0 Å². The predicted molar refractivity (Wildman–Crippen MR) is 95.2 cm³/mol. The van der Waals surface area contributed by atoms with Crippen molar-refractivity contribution in [3.05, 3.63) is 81.3 Å². The van der Waals surface area contributed by atoms with Gasteiger partial charge in [0.05, 0.1) is 16.5 Å². The van der Waals surface area contributed by atoms with Crippen molar-refractivity contribution in [1.29, 1.82) is 0 Å². The summed E-state index contributed by atoms with van der Waals surface area (Å²) in [4.78, 5) is 34.8. The Labute approximate surface area is 153 Å². The van der Waals surface area contributed by atoms with Gasteiger partial charge in [-0.2, -0.15) is 0 Å². The molecule has 0 bridgehead atoms. The Morgan fingerprint density at radius 1 is 1.15 bits per heavy atom. The summed E-state index contributed by atoms with van der Waals surface area (Å²) in [7, 11) is 0. The summed E-state index contributed by atoms with van der Waals surface area (Å²) in [6.45, 7) is 1.58. The summed E-state index contributed by atoms with van der Waals surface area (Å²) in [5, 5.41) is 18.5. The van der Waals surface area contributed by atoms with Crippen LogP contribution in [-0.4, -0.2) is 16.9 Å². The number of nitrogens with one attached hydrogen (secondary N) is 3. The number of nitrogens with zero attached hydrogens (tertiary/aromatic N) is 1. The molecular formula is C18H15FN4O4. The number of hydrogen-bond donors (Lipinski definition) is 3. The van der Waals surface area contributed by atoms with E-state index in [0.29, 0.717) is 16.9 Å². The van der Waals surface area contributed by atoms with Crippen molar-refractivity contribution in [1.82, 2.24) is 10.6 Å². The largest absolute Gasteiger partial charge is 0.327 e. The maximum absolute atomic E-state index is 13.2. The normalized spacial score (nSPS) is 16.4. The molecule has 0 spiro atoms. The van der Waals surface area contributed by atoms with Crippen LogP contribution in [0.25, 0.3) is 0 Å². The SMILES string of the molecule is CC1=C(C(=O)Nc2ccc([N+](=O)[O-])cc2)[C@@H](c2ccc(F)cc2)NC(=O)N1. The Hall–Kier alpha value is -3.75. The second kappa shape index (κ2) is 7.24. The average Bonchev–Trinajstić information content (AvgIpc) is 2.62. The maximum Gasteiger partial charge on any atom is 0.319 e. The molecule has 3 N–H and O–H groups in total. The Morgan fingerprint density at radius 3 is 2.37 bits per heavy atom. The molecule has 0 radical (unpaired) electrons. The fourth-order valence-corrected chi connectivity index (χ4v) is 2.77. The quantitative estimate of drug-likeness (QED) is 0.567. The monoisotopic (exact) mass is 370 g/mol. The number of urea groups is 1. The van der Waals surface area contributed by atoms with Gasteiger partial charge in [0, 0.05) is 23.5 Å². The summed E-state index contributed by atoms with van der Waals surface area (Å²) in [5.74, 6) is -0.931. The minimum atomic E-state index is -0.766. The van der Waals surface area contributed by atoms with E-state index in [9.17, 15) is 24.1 Å². The first kappa shape index (κ1) is 18.1. The molecule has 0 aromatic heterocycles. The smallest absolute Gasteiger partial charge is 0.319 e. The molecule has 2 aromatic rings. The van der Waals surface area contributed by atoms with Gasteiger partial charge in [0.2, 0.25) is 0 Å². The van der Waals surface area contributed by atoms with Crippen molar-refractivity contribution in [2.75, 3.05) is 5.32 Å². The molecule has 0 unspecified atom stereocenters. The lowest BCUT2D eigenvalue weighted by Crippen LogP contribution is -2.45. The van der Waals surface area contributed by atoms with Gasteiger partial charge < -0.3 is 16.0 Å². The number of benzene rings is 2. The average molecular weight is 370 g/mol. The van der Waals surface area contributed by atoms with Crippen LogP contribution < -0.4 is 16.0 Å². The Bertz CT molecular complexity index is 939. The predicted octanol–water partition coefficient (Wildman–Crippen LogP) is 3.00. The molecule has 138 valence electrons. The van der Waals surface area contributed by atoms with Crippen LogP contribution in [0.4, 0.5) is 20.6 Å². The summed E-state index contributed by atoms with van der Waals surface area (Å²) < 4.78 is 13.2. The molecule has 1 atom stereocenters. The number of nitro groups is 1. The zero-order valence-electron chi connectivity index (χ0n) is 14.2. The van der Waals surface area contributed by atoms with E-state index in [0.717, 1.165) is 0 Å². The van der Waals surface area contributed by atoms with Crippen LogP contribution in [0.2, 0.25) is 0 Å². The molecule has 27 heavy (non-hydrogen) atoms. The summed E-state index contributed by atoms with van der Waals surface area (Å²) >= 11 is 0. The topological polar surface area (TPSA) is 113 Å². The molecule has 1 heterocycles. The number of carbonyl (C=O) groups excluding carboxylic acids is 2. The fraction of sp³-hybridized carbons (Fsp3) is 0.111. The standard InChI is InChI=1S/C18H15FN4O4/c1-10-15(17(24)21-13-6-8-14(9-7-13)23(26)27)16(22-18(25)20-10)11-2-4-12(19)5-3-11/h2-9,16H,1H3,(H,21,24)(H2,20,22,25)/t16-/m1/s1. The molecule has 2 aromatic carbocycles. The number of anilines is 1. The number of amides is 3. The first-order valence-electron chi connectivity index (χ1n) is 7.94. The van der Waals surface area contributed by atoms with Crippen LogP contribution in [0.15, 0.2) is 59.8 Å². The Balaban J connectivity index is 1.89. The summed E-state index contributed by atoms with van der Waals surface area (Å²) in [5.41, 5.74) is 1.41. The van der Waals surface area contributed by atoms with Gasteiger partial charge >= 0.3 is 6.03 Å². The number of carbonyl (C=O) groups is 2. The lowest BCUT2D eigenvalue weighted by atomic mass is 9.95. The highest BCUT2D eigenvalue weighted by Gasteiger charge is 2.31. The van der Waals surface area contributed by atoms with Crippen molar-refractivity contribution in [2.45, 2.75) is 13.0 Å². The lowest BCUT2D eigenvalue weighted by Gasteiger charge is -2.28. The third kappa shape index (κ3) is 3.92. The van der Waals surface area contributed by atoms with Gasteiger partial charge in [-0.05, 0) is 36.8 Å². The minimum absolute atomic E-state index is 0.0980. The highest BCUT2D eigenvalue weighted by Crippen LogP contribution is 2.28. The molecule has 0 fully saturated rings. The first-order valence-corrected chi connectivity index (χ1v) is 7.94. The summed E-state index contributed by atoms with van der Waals surface area (Å²) in [6.07, 6.45) is 0. The first-order chi connectivity index (χ1) is 12.8. The fourth-order valence-electron chi connectivity index (χ4n) is 2.77. The number of nitro benzene ring substituents is 1. The van der Waals surface area contributed by atoms with Crippen LogP contribution in [0.3, 0.4) is 0 Å². The van der Waals surface area contributed by atoms with Crippen molar-refractivity contribution in [3.63, 3.8) is 0 Å². The van der Waals surface area contributed by atoms with Crippen LogP contribution in [-0.2, 0) is 4.79 Å². The molecular weight excluding hydrogens is 355 g/mol. The minimum Gasteiger partial charge on any atom is -0.327 e. The van der Waals surface area contributed by atoms with Crippen molar-refractivity contribution >= 4 is 23.3 Å². The number of halogens is 1. The van der Waals surface area contributed by atoms with Gasteiger partial charge in [-0.15, -0.1) is 0 Å². The number of rotatable bonds is 4. The molecule has 3 rings (SSSR count). The molecule has 1 aliphatic rings. The second-order valence-corrected chi connectivity index (χ2v) is 5.88. The molecule has 8 nitrogen and oxygen atoms in total. The van der Waals surface area contributed by atoms with E-state index in [4.69, 9.17) is 0 Å². The van der Waals surface area contributed by atoms with Gasteiger partial charge in [-0.3, -0.25) is 14.9 Å². The second-order valence-electron chi connectivity index (χ2n) is 5.88. The van der Waals surface area contributed by atoms with Crippen LogP contribution in [0.1, 0.15) is 18.5 Å². The highest BCUT2D eigenvalue weighted by molar-refractivity contribution is 6.06. The van der Waals surface area contributed by atoms with E-state index in [1.165, 1.54) is 48.5 Å². The number of allylic oxidation sites excluding steroid dienone is 1. The van der Waals surface area contributed by atoms with Crippen molar-refractivity contribution < 1.29 is 18.9 Å². The van der Waals surface area contributed by atoms with E-state index in [1.54, 1.807) is 6.92 Å². The van der Waals surface area contributed by atoms with Gasteiger partial charge in [0.25, 0.3) is 11.6 Å². The van der Waals surface area contributed by atoms with E-state index >= 15 is 0 Å². The maximum atomic E-state index is 13.2. The van der Waals surface area contributed by atoms with Crippen molar-refractivity contribution in [3.8, 4) is 0 Å². The van der Waals surface area contributed by atoms with E-state index < -0.39 is 28.7 Å². The van der Waals surface area contributed by atoms with Gasteiger partial charge in [0.1, 0.15) is 5.82 Å². The van der Waals surface area contributed by atoms with Gasteiger partial charge in [-0.1, -0.05) is 12.1 Å². The molecule has 3 amide bonds. The zero-order chi connectivity index (χ0) is 19.6. The third-order valence-corrected chi connectivity index (χ3v) is 4.05. The van der Waals surface area contributed by atoms with E-state index in [1.807, 2.05) is 0 Å². The molecule has 9 heteroatoms. The molecule has 0 saturated carbocycles. The zero-order valence-corrected chi connectivity index (χ0v) is 14.2. The highest BCUT2D eigenvalue weighted by atomic mass is 19.1. The number of non-ortho nitro benzene ring substituents is 1. The van der Waals surface area contributed by atoms with Gasteiger partial charge in [-0.25, -0.2) is 9.18 Å². The lowest BCUT2D eigenvalue weighted by molar-refractivity contribution is -0.384. The van der Waals surface area contributed by atoms with Crippen LogP contribution >= 0.6 is 0 Å². The third-order valence-electron chi connectivity index (χ3n) is 4.05. The van der Waals surface area contributed by atoms with E-state index in [-0.39, 0.29) is 11.3 Å². The van der Waals surface area contributed by atoms with Gasteiger partial charge in [0.15, 0.2) is 0 Å². The van der Waals surface area contributed by atoms with Crippen LogP contribution in [0, 0.1) is 15.9 Å². The Kier molecular flexibility index (Phi) is 4.84. The Morgan fingerprint density at radius 2 is 1.78 bits per heavy atom. The molecule has 1 aliphatic heterocycles. The molecule has 0 saturated heterocycles. The van der Waals surface area contributed by atoms with E-state index in [2.05, 4.69) is 16.0 Å². The van der Waals surface area contributed by atoms with Crippen molar-refractivity contribution in [2.24, 2.45) is 0 Å². The number of hydrogen-bond acceptors (Lipinski definition) is 4. The molecule has 0 aliphatic carbocycles.